The molecule has 2 aromatic carbocycles. The van der Waals surface area contributed by atoms with Crippen molar-refractivity contribution in [3.63, 3.8) is 0 Å². The number of aliphatic hydroxyl groups excluding tert-OH is 1. The summed E-state index contributed by atoms with van der Waals surface area (Å²) in [5, 5.41) is 11.0. The van der Waals surface area contributed by atoms with E-state index >= 15 is 0 Å². The summed E-state index contributed by atoms with van der Waals surface area (Å²) in [5.41, 5.74) is 0.949. The van der Waals surface area contributed by atoms with Crippen LogP contribution in [-0.2, 0) is 0 Å². The van der Waals surface area contributed by atoms with Crippen LogP contribution in [0.4, 0.5) is 0 Å². The highest BCUT2D eigenvalue weighted by Gasteiger charge is 2.09. The molecule has 1 N–H and O–H groups in total. The largest absolute Gasteiger partial charge is 0.388 e. The minimum Gasteiger partial charge on any atom is -0.388 e. The van der Waals surface area contributed by atoms with Crippen molar-refractivity contribution in [1.29, 1.82) is 0 Å². The SMILES string of the molecule is CCSc1ccc(C(O)CSc2ccccc2Cl)cc1. The van der Waals surface area contributed by atoms with Crippen LogP contribution in [-0.4, -0.2) is 16.6 Å². The second kappa shape index (κ2) is 7.99. The van der Waals surface area contributed by atoms with Crippen molar-refractivity contribution in [3.05, 3.63) is 59.1 Å². The van der Waals surface area contributed by atoms with Gasteiger partial charge >= 0.3 is 0 Å². The fraction of sp³-hybridized carbons (Fsp3) is 0.250. The van der Waals surface area contributed by atoms with Crippen molar-refractivity contribution in [2.24, 2.45) is 0 Å². The van der Waals surface area contributed by atoms with Crippen LogP contribution in [0, 0.1) is 0 Å². The van der Waals surface area contributed by atoms with Gasteiger partial charge in [0.2, 0.25) is 0 Å². The highest BCUT2D eigenvalue weighted by molar-refractivity contribution is 7.99. The number of rotatable bonds is 6. The predicted octanol–water partition coefficient (Wildman–Crippen LogP) is 5.28. The van der Waals surface area contributed by atoms with Gasteiger partial charge < -0.3 is 5.11 Å². The van der Waals surface area contributed by atoms with Crippen molar-refractivity contribution >= 4 is 35.1 Å². The number of hydrogen-bond acceptors (Lipinski definition) is 3. The maximum atomic E-state index is 10.2. The molecule has 0 fully saturated rings. The molecule has 0 aromatic heterocycles. The summed E-state index contributed by atoms with van der Waals surface area (Å²) in [4.78, 5) is 2.24. The molecule has 0 aliphatic heterocycles. The second-order valence-corrected chi connectivity index (χ2v) is 7.07. The summed E-state index contributed by atoms with van der Waals surface area (Å²) in [6.45, 7) is 2.13. The molecule has 1 atom stereocenters. The first-order valence-electron chi connectivity index (χ1n) is 6.49. The topological polar surface area (TPSA) is 20.2 Å². The van der Waals surface area contributed by atoms with Crippen LogP contribution in [0.3, 0.4) is 0 Å². The van der Waals surface area contributed by atoms with E-state index in [-0.39, 0.29) is 0 Å². The lowest BCUT2D eigenvalue weighted by Gasteiger charge is -2.12. The highest BCUT2D eigenvalue weighted by Crippen LogP contribution is 2.30. The van der Waals surface area contributed by atoms with Gasteiger partial charge in [0.05, 0.1) is 11.1 Å². The molecule has 0 saturated heterocycles. The molecule has 0 aliphatic rings. The number of hydrogen-bond donors (Lipinski definition) is 1. The van der Waals surface area contributed by atoms with Crippen molar-refractivity contribution < 1.29 is 5.11 Å². The number of aliphatic hydroxyl groups is 1. The lowest BCUT2D eigenvalue weighted by Crippen LogP contribution is -2.00. The first-order chi connectivity index (χ1) is 9.70. The normalized spacial score (nSPS) is 12.3. The Hall–Kier alpha value is -0.610. The Balaban J connectivity index is 1.94. The van der Waals surface area contributed by atoms with Crippen molar-refractivity contribution in [2.75, 3.05) is 11.5 Å². The van der Waals surface area contributed by atoms with E-state index in [1.807, 2.05) is 36.4 Å². The van der Waals surface area contributed by atoms with E-state index in [9.17, 15) is 5.11 Å². The molecule has 0 spiro atoms. The third-order valence-electron chi connectivity index (χ3n) is 2.81. The molecule has 1 unspecified atom stereocenters. The predicted molar refractivity (Wildman–Crippen MR) is 90.0 cm³/mol. The summed E-state index contributed by atoms with van der Waals surface area (Å²) >= 11 is 9.48. The molecule has 4 heteroatoms. The van der Waals surface area contributed by atoms with Gasteiger partial charge in [-0.1, -0.05) is 42.8 Å². The van der Waals surface area contributed by atoms with E-state index in [2.05, 4.69) is 19.1 Å². The van der Waals surface area contributed by atoms with Crippen LogP contribution in [0.5, 0.6) is 0 Å². The zero-order valence-electron chi connectivity index (χ0n) is 11.3. The molecular formula is C16H17ClOS2. The van der Waals surface area contributed by atoms with Gasteiger partial charge in [-0.25, -0.2) is 0 Å². The Morgan fingerprint density at radius 2 is 1.75 bits per heavy atom. The van der Waals surface area contributed by atoms with E-state index in [0.717, 1.165) is 21.2 Å². The molecule has 2 aromatic rings. The second-order valence-electron chi connectivity index (χ2n) is 4.26. The maximum Gasteiger partial charge on any atom is 0.0883 e. The third kappa shape index (κ3) is 4.45. The average Bonchev–Trinajstić information content (AvgIpc) is 2.47. The molecule has 1 nitrogen and oxygen atoms in total. The molecule has 0 aliphatic carbocycles. The van der Waals surface area contributed by atoms with Crippen LogP contribution >= 0.6 is 35.1 Å². The van der Waals surface area contributed by atoms with E-state index in [1.165, 1.54) is 4.90 Å². The molecule has 106 valence electrons. The zero-order valence-corrected chi connectivity index (χ0v) is 13.6. The molecule has 0 amide bonds. The maximum absolute atomic E-state index is 10.2. The standard InChI is InChI=1S/C16H17ClOS2/c1-2-19-13-9-7-12(8-10-13)15(18)11-20-16-6-4-3-5-14(16)17/h3-10,15,18H,2,11H2,1H3. The van der Waals surface area contributed by atoms with Crippen LogP contribution < -0.4 is 0 Å². The highest BCUT2D eigenvalue weighted by atomic mass is 35.5. The first-order valence-corrected chi connectivity index (χ1v) is 8.83. The van der Waals surface area contributed by atoms with E-state index in [1.54, 1.807) is 23.5 Å². The number of thioether (sulfide) groups is 2. The van der Waals surface area contributed by atoms with Gasteiger partial charge in [-0.15, -0.1) is 23.5 Å². The minimum atomic E-state index is -0.475. The van der Waals surface area contributed by atoms with E-state index in [4.69, 9.17) is 11.6 Å². The van der Waals surface area contributed by atoms with Crippen LogP contribution in [0.2, 0.25) is 5.02 Å². The van der Waals surface area contributed by atoms with Gasteiger partial charge in [0.25, 0.3) is 0 Å². The lowest BCUT2D eigenvalue weighted by molar-refractivity contribution is 0.204. The Morgan fingerprint density at radius 3 is 2.40 bits per heavy atom. The van der Waals surface area contributed by atoms with Crippen molar-refractivity contribution in [1.82, 2.24) is 0 Å². The summed E-state index contributed by atoms with van der Waals surface area (Å²) in [6.07, 6.45) is -0.475. The first kappa shape index (κ1) is 15.8. The minimum absolute atomic E-state index is 0.475. The Morgan fingerprint density at radius 1 is 1.05 bits per heavy atom. The Bertz CT molecular complexity index is 542. The van der Waals surface area contributed by atoms with Gasteiger partial charge in [-0.2, -0.15) is 0 Å². The molecule has 0 heterocycles. The summed E-state index contributed by atoms with van der Waals surface area (Å²) < 4.78 is 0. The third-order valence-corrected chi connectivity index (χ3v) is 5.29. The summed E-state index contributed by atoms with van der Waals surface area (Å²) in [7, 11) is 0. The fourth-order valence-electron chi connectivity index (χ4n) is 1.78. The van der Waals surface area contributed by atoms with Gasteiger partial charge in [-0.3, -0.25) is 0 Å². The molecule has 0 bridgehead atoms. The fourth-order valence-corrected chi connectivity index (χ4v) is 3.65. The molecule has 0 radical (unpaired) electrons. The molecular weight excluding hydrogens is 308 g/mol. The van der Waals surface area contributed by atoms with Crippen LogP contribution in [0.25, 0.3) is 0 Å². The van der Waals surface area contributed by atoms with Crippen LogP contribution in [0.15, 0.2) is 58.3 Å². The molecule has 20 heavy (non-hydrogen) atoms. The number of halogens is 1. The van der Waals surface area contributed by atoms with Gasteiger partial charge in [-0.05, 0) is 35.6 Å². The Labute approximate surface area is 133 Å². The quantitative estimate of drug-likeness (QED) is 0.730. The van der Waals surface area contributed by atoms with Gasteiger partial charge in [0.15, 0.2) is 0 Å². The van der Waals surface area contributed by atoms with Crippen molar-refractivity contribution in [2.45, 2.75) is 22.8 Å². The van der Waals surface area contributed by atoms with Crippen LogP contribution in [0.1, 0.15) is 18.6 Å². The number of benzene rings is 2. The van der Waals surface area contributed by atoms with Crippen molar-refractivity contribution in [3.8, 4) is 0 Å². The van der Waals surface area contributed by atoms with E-state index in [0.29, 0.717) is 5.75 Å². The summed E-state index contributed by atoms with van der Waals surface area (Å²) in [5.74, 6) is 1.66. The lowest BCUT2D eigenvalue weighted by atomic mass is 10.1. The van der Waals surface area contributed by atoms with Gasteiger partial charge in [0.1, 0.15) is 0 Å². The zero-order chi connectivity index (χ0) is 14.4. The average molecular weight is 325 g/mol. The van der Waals surface area contributed by atoms with E-state index < -0.39 is 6.10 Å². The monoisotopic (exact) mass is 324 g/mol. The Kier molecular flexibility index (Phi) is 6.30. The van der Waals surface area contributed by atoms with Gasteiger partial charge in [0, 0.05) is 15.5 Å². The smallest absolute Gasteiger partial charge is 0.0883 e. The molecule has 0 saturated carbocycles. The molecule has 2 rings (SSSR count). The summed E-state index contributed by atoms with van der Waals surface area (Å²) in [6, 6.07) is 15.8.